The lowest BCUT2D eigenvalue weighted by atomic mass is 10.1. The van der Waals surface area contributed by atoms with Crippen LogP contribution in [0.4, 0.5) is 14.5 Å². The molecule has 1 aliphatic heterocycles. The largest absolute Gasteiger partial charge is 0.487 e. The molecule has 0 radical (unpaired) electrons. The van der Waals surface area contributed by atoms with Gasteiger partial charge in [-0.05, 0) is 30.7 Å². The van der Waals surface area contributed by atoms with E-state index in [4.69, 9.17) is 11.6 Å². The number of nitrogens with one attached hydrogen (secondary N) is 1. The number of anilines is 1. The van der Waals surface area contributed by atoms with Crippen LogP contribution < -0.4 is 15.1 Å². The molecule has 1 aromatic carbocycles. The van der Waals surface area contributed by atoms with Crippen molar-refractivity contribution in [1.29, 1.82) is 0 Å². The molecule has 3 rings (SSSR count). The Bertz CT molecular complexity index is 846. The van der Waals surface area contributed by atoms with Crippen molar-refractivity contribution in [2.75, 3.05) is 18.2 Å². The minimum absolute atomic E-state index is 0.0839. The number of hydrazone groups is 1. The average molecular weight is 412 g/mol. The third kappa shape index (κ3) is 5.11. The van der Waals surface area contributed by atoms with E-state index in [0.29, 0.717) is 24.5 Å². The summed E-state index contributed by atoms with van der Waals surface area (Å²) in [4.78, 5) is 19.9. The first-order chi connectivity index (χ1) is 13.4. The second kappa shape index (κ2) is 8.44. The molecular weight excluding hydrogens is 396 g/mol. The van der Waals surface area contributed by atoms with Crippen LogP contribution in [-0.4, -0.2) is 45.5 Å². The fraction of sp³-hybridized carbons (Fsp3) is 0.294. The van der Waals surface area contributed by atoms with E-state index in [-0.39, 0.29) is 23.8 Å². The van der Waals surface area contributed by atoms with Gasteiger partial charge < -0.3 is 15.2 Å². The summed E-state index contributed by atoms with van der Waals surface area (Å²) in [6, 6.07) is 5.74. The van der Waals surface area contributed by atoms with Crippen LogP contribution in [0.5, 0.6) is 5.75 Å². The maximum Gasteiger partial charge on any atom is 0.487 e. The molecule has 2 N–H and O–H groups in total. The molecule has 8 nitrogen and oxygen atoms in total. The Morgan fingerprint density at radius 1 is 1.32 bits per heavy atom. The first-order valence-corrected chi connectivity index (χ1v) is 8.62. The zero-order chi connectivity index (χ0) is 20.1. The highest BCUT2D eigenvalue weighted by Gasteiger charge is 2.30. The quantitative estimate of drug-likeness (QED) is 0.707. The van der Waals surface area contributed by atoms with E-state index in [1.165, 1.54) is 43.0 Å². The zero-order valence-electron chi connectivity index (χ0n) is 14.4. The Balaban J connectivity index is 1.74. The summed E-state index contributed by atoms with van der Waals surface area (Å²) in [5, 5.41) is 18.0. The summed E-state index contributed by atoms with van der Waals surface area (Å²) < 4.78 is 29.7. The minimum atomic E-state index is -3.79. The van der Waals surface area contributed by atoms with Gasteiger partial charge in [-0.25, -0.2) is 9.97 Å². The molecule has 1 aliphatic rings. The number of rotatable bonds is 6. The Morgan fingerprint density at radius 2 is 2.00 bits per heavy atom. The van der Waals surface area contributed by atoms with Crippen molar-refractivity contribution in [2.24, 2.45) is 11.0 Å². The topological polar surface area (TPSA) is 99.9 Å². The van der Waals surface area contributed by atoms with Gasteiger partial charge in [-0.15, -0.1) is 8.78 Å². The maximum absolute atomic E-state index is 12.7. The number of benzene rings is 1. The van der Waals surface area contributed by atoms with Crippen molar-refractivity contribution in [3.63, 3.8) is 0 Å². The number of ether oxygens (including phenoxy) is 1. The molecule has 0 fully saturated rings. The van der Waals surface area contributed by atoms with E-state index in [1.54, 1.807) is 5.01 Å². The molecule has 148 valence electrons. The summed E-state index contributed by atoms with van der Waals surface area (Å²) in [7, 11) is 0. The molecule has 1 amide bonds. The number of nitrogens with zero attached hydrogens (tertiary/aromatic N) is 4. The van der Waals surface area contributed by atoms with E-state index in [2.05, 4.69) is 25.1 Å². The van der Waals surface area contributed by atoms with Crippen LogP contribution in [0.15, 0.2) is 48.1 Å². The number of hydrogen-bond donors (Lipinski definition) is 2. The highest BCUT2D eigenvalue weighted by Crippen LogP contribution is 2.29. The van der Waals surface area contributed by atoms with Gasteiger partial charge in [-0.1, -0.05) is 0 Å². The number of aromatic nitrogens is 2. The van der Waals surface area contributed by atoms with Crippen molar-refractivity contribution in [3.8, 4) is 5.75 Å². The molecule has 11 heteroatoms. The van der Waals surface area contributed by atoms with Gasteiger partial charge in [-0.3, -0.25) is 9.80 Å². The standard InChI is InChI=1S/C17H16ClF2N5O3/c18-17(19,20)28-14-3-1-13(2-4-14)25-9-11(5-6-26)15(24-25)23-16(27)12-7-21-10-22-8-12/h1-4,7-8,10-11,26H,5-6,9H2,(H,23,24,27)/t11-/m0/s1. The summed E-state index contributed by atoms with van der Waals surface area (Å²) in [5.74, 6) is -0.356. The fourth-order valence-corrected chi connectivity index (χ4v) is 2.74. The highest BCUT2D eigenvalue weighted by molar-refractivity contribution is 6.20. The van der Waals surface area contributed by atoms with Crippen LogP contribution in [0.1, 0.15) is 16.8 Å². The molecule has 1 atom stereocenters. The van der Waals surface area contributed by atoms with Gasteiger partial charge in [0.05, 0.1) is 17.8 Å². The van der Waals surface area contributed by atoms with Crippen molar-refractivity contribution in [2.45, 2.75) is 12.0 Å². The molecule has 0 saturated carbocycles. The minimum Gasteiger partial charge on any atom is -0.420 e. The molecule has 2 heterocycles. The maximum atomic E-state index is 12.7. The Kier molecular flexibility index (Phi) is 6.00. The smallest absolute Gasteiger partial charge is 0.420 e. The van der Waals surface area contributed by atoms with Gasteiger partial charge >= 0.3 is 5.57 Å². The van der Waals surface area contributed by atoms with Crippen LogP contribution in [0, 0.1) is 5.92 Å². The number of halogens is 3. The predicted octanol–water partition coefficient (Wildman–Crippen LogP) is 2.21. The summed E-state index contributed by atoms with van der Waals surface area (Å²) in [6.45, 7) is 0.312. The number of carbonyl (C=O) groups excluding carboxylic acids is 1. The number of amidine groups is 1. The Morgan fingerprint density at radius 3 is 2.61 bits per heavy atom. The zero-order valence-corrected chi connectivity index (χ0v) is 15.2. The number of carbonyl (C=O) groups is 1. The van der Waals surface area contributed by atoms with Crippen LogP contribution in [0.2, 0.25) is 0 Å². The molecule has 2 aromatic rings. The number of aliphatic hydroxyl groups is 1. The molecule has 0 aliphatic carbocycles. The van der Waals surface area contributed by atoms with E-state index in [9.17, 15) is 18.7 Å². The SMILES string of the molecule is O=C(NC1=NN(c2ccc(OC(F)(F)Cl)cc2)C[C@@H]1CCO)c1cncnc1. The summed E-state index contributed by atoms with van der Waals surface area (Å²) in [6.07, 6.45) is 4.46. The molecule has 0 spiro atoms. The van der Waals surface area contributed by atoms with Crippen molar-refractivity contribution < 1.29 is 23.4 Å². The van der Waals surface area contributed by atoms with Crippen LogP contribution in [0.3, 0.4) is 0 Å². The third-order valence-corrected chi connectivity index (χ3v) is 4.00. The van der Waals surface area contributed by atoms with Gasteiger partial charge in [0, 0.05) is 36.5 Å². The van der Waals surface area contributed by atoms with Crippen molar-refractivity contribution >= 4 is 29.0 Å². The second-order valence-corrected chi connectivity index (χ2v) is 6.34. The lowest BCUT2D eigenvalue weighted by molar-refractivity contribution is -0.0964. The first-order valence-electron chi connectivity index (χ1n) is 8.25. The number of alkyl halides is 3. The average Bonchev–Trinajstić information content (AvgIpc) is 3.04. The monoisotopic (exact) mass is 411 g/mol. The van der Waals surface area contributed by atoms with Gasteiger partial charge in [0.2, 0.25) is 0 Å². The molecule has 28 heavy (non-hydrogen) atoms. The summed E-state index contributed by atoms with van der Waals surface area (Å²) in [5.41, 5.74) is -2.92. The second-order valence-electron chi connectivity index (χ2n) is 5.90. The normalized spacial score (nSPS) is 16.6. The first kappa shape index (κ1) is 19.9. The molecule has 0 bridgehead atoms. The molecule has 0 unspecified atom stereocenters. The van der Waals surface area contributed by atoms with Crippen molar-refractivity contribution in [1.82, 2.24) is 15.3 Å². The van der Waals surface area contributed by atoms with Crippen LogP contribution in [-0.2, 0) is 0 Å². The van der Waals surface area contributed by atoms with E-state index in [1.807, 2.05) is 0 Å². The van der Waals surface area contributed by atoms with E-state index in [0.717, 1.165) is 0 Å². The van der Waals surface area contributed by atoms with Crippen LogP contribution >= 0.6 is 11.6 Å². The van der Waals surface area contributed by atoms with Crippen LogP contribution in [0.25, 0.3) is 0 Å². The predicted molar refractivity (Wildman–Crippen MR) is 97.3 cm³/mol. The molecular formula is C17H16ClF2N5O3. The number of hydrogen-bond acceptors (Lipinski definition) is 7. The van der Waals surface area contributed by atoms with Gasteiger partial charge in [0.25, 0.3) is 5.91 Å². The summed E-state index contributed by atoms with van der Waals surface area (Å²) >= 11 is 4.75. The van der Waals surface area contributed by atoms with Gasteiger partial charge in [-0.2, -0.15) is 5.10 Å². The fourth-order valence-electron chi connectivity index (χ4n) is 2.65. The number of aliphatic hydroxyl groups excluding tert-OH is 1. The van der Waals surface area contributed by atoms with E-state index < -0.39 is 11.5 Å². The Labute approximate surface area is 163 Å². The Hall–Kier alpha value is -2.85. The van der Waals surface area contributed by atoms with Gasteiger partial charge in [0.1, 0.15) is 17.9 Å². The van der Waals surface area contributed by atoms with E-state index >= 15 is 0 Å². The lowest BCUT2D eigenvalue weighted by Gasteiger charge is -2.16. The van der Waals surface area contributed by atoms with Crippen molar-refractivity contribution in [3.05, 3.63) is 48.5 Å². The third-order valence-electron chi connectivity index (χ3n) is 3.92. The number of amides is 1. The molecule has 0 saturated heterocycles. The molecule has 1 aromatic heterocycles. The van der Waals surface area contributed by atoms with Gasteiger partial charge in [0.15, 0.2) is 0 Å². The highest BCUT2D eigenvalue weighted by atomic mass is 35.5. The lowest BCUT2D eigenvalue weighted by Crippen LogP contribution is -2.35.